The van der Waals surface area contributed by atoms with Crippen LogP contribution in [0.25, 0.3) is 10.2 Å². The number of hydrogen-bond acceptors (Lipinski definition) is 7. The monoisotopic (exact) mass is 410 g/mol. The molecule has 2 aliphatic rings. The number of amides is 1. The molecule has 3 heterocycles. The number of nitrogens with zero attached hydrogens (tertiary/aromatic N) is 3. The van der Waals surface area contributed by atoms with Gasteiger partial charge in [-0.25, -0.2) is 4.68 Å². The van der Waals surface area contributed by atoms with E-state index in [1.165, 1.54) is 16.2 Å². The van der Waals surface area contributed by atoms with E-state index in [2.05, 4.69) is 15.6 Å². The number of aryl methyl sites for hydroxylation is 2. The molecule has 1 aliphatic heterocycles. The fraction of sp³-hybridized carbons (Fsp3) is 0.350. The molecule has 1 atom stereocenters. The second kappa shape index (κ2) is 6.77. The minimum absolute atomic E-state index is 0.212. The van der Waals surface area contributed by atoms with Crippen molar-refractivity contribution in [2.24, 2.45) is 0 Å². The number of nitrogens with one attached hydrogen (secondary N) is 1. The van der Waals surface area contributed by atoms with Crippen LogP contribution in [0.3, 0.4) is 0 Å². The molecule has 5 rings (SSSR count). The number of rotatable bonds is 3. The van der Waals surface area contributed by atoms with Crippen molar-refractivity contribution in [1.29, 1.82) is 0 Å². The van der Waals surface area contributed by atoms with Crippen molar-refractivity contribution < 1.29 is 14.3 Å². The first kappa shape index (κ1) is 18.0. The van der Waals surface area contributed by atoms with E-state index >= 15 is 0 Å². The van der Waals surface area contributed by atoms with Gasteiger partial charge in [-0.05, 0) is 56.4 Å². The summed E-state index contributed by atoms with van der Waals surface area (Å²) < 4.78 is 6.64. The minimum atomic E-state index is -0.582. The number of thiophene rings is 1. The fourth-order valence-electron chi connectivity index (χ4n) is 3.82. The number of anilines is 1. The Labute approximate surface area is 169 Å². The van der Waals surface area contributed by atoms with Gasteiger partial charge in [-0.3, -0.25) is 14.4 Å². The Balaban J connectivity index is 1.46. The lowest BCUT2D eigenvalue weighted by Crippen LogP contribution is -2.34. The lowest BCUT2D eigenvalue weighted by molar-refractivity contribution is -0.122. The second-order valence-electron chi connectivity index (χ2n) is 7.33. The third-order valence-corrected chi connectivity index (χ3v) is 6.55. The molecular weight excluding hydrogens is 392 g/mol. The van der Waals surface area contributed by atoms with E-state index in [4.69, 9.17) is 4.74 Å². The van der Waals surface area contributed by atoms with Crippen LogP contribution in [0.2, 0.25) is 0 Å². The van der Waals surface area contributed by atoms with Crippen LogP contribution in [0.4, 0.5) is 5.69 Å². The SMILES string of the molecule is CC1Oc2ccc(C(=O)Cn3nnc4sc5c(c4c3=O)CCCC5)cc2NC1=O. The van der Waals surface area contributed by atoms with Gasteiger partial charge in [-0.1, -0.05) is 5.21 Å². The van der Waals surface area contributed by atoms with Crippen molar-refractivity contribution in [2.75, 3.05) is 5.32 Å². The van der Waals surface area contributed by atoms with Gasteiger partial charge in [0, 0.05) is 10.4 Å². The van der Waals surface area contributed by atoms with Crippen LogP contribution < -0.4 is 15.6 Å². The van der Waals surface area contributed by atoms with Crippen LogP contribution in [-0.4, -0.2) is 32.8 Å². The Morgan fingerprint density at radius 3 is 3.00 bits per heavy atom. The zero-order chi connectivity index (χ0) is 20.1. The molecule has 1 N–H and O–H groups in total. The zero-order valence-electron chi connectivity index (χ0n) is 15.7. The van der Waals surface area contributed by atoms with Crippen LogP contribution in [0.15, 0.2) is 23.0 Å². The zero-order valence-corrected chi connectivity index (χ0v) is 16.5. The van der Waals surface area contributed by atoms with Crippen LogP contribution >= 0.6 is 11.3 Å². The molecule has 3 aromatic rings. The van der Waals surface area contributed by atoms with Crippen molar-refractivity contribution in [1.82, 2.24) is 15.0 Å². The fourth-order valence-corrected chi connectivity index (χ4v) is 5.02. The van der Waals surface area contributed by atoms with Crippen LogP contribution in [0, 0.1) is 0 Å². The lowest BCUT2D eigenvalue weighted by Gasteiger charge is -2.23. The standard InChI is InChI=1S/C20H18N4O4S/c1-10-18(26)21-13-8-11(6-7-15(13)28-10)14(25)9-24-20(27)17-12-4-2-3-5-16(12)29-19(17)22-23-24/h6-8,10H,2-5,9H2,1H3,(H,21,26). The van der Waals surface area contributed by atoms with Gasteiger partial charge in [-0.15, -0.1) is 16.4 Å². The molecule has 0 fully saturated rings. The van der Waals surface area contributed by atoms with E-state index in [1.54, 1.807) is 25.1 Å². The van der Waals surface area contributed by atoms with E-state index in [0.717, 1.165) is 35.9 Å². The molecular formula is C20H18N4O4S. The van der Waals surface area contributed by atoms with Gasteiger partial charge in [0.2, 0.25) is 0 Å². The predicted octanol–water partition coefficient (Wildman–Crippen LogP) is 2.33. The molecule has 0 spiro atoms. The van der Waals surface area contributed by atoms with Gasteiger partial charge in [-0.2, -0.15) is 0 Å². The van der Waals surface area contributed by atoms with E-state index < -0.39 is 6.10 Å². The number of carbonyl (C=O) groups is 2. The first-order chi connectivity index (χ1) is 14.0. The quantitative estimate of drug-likeness (QED) is 0.665. The number of aromatic nitrogens is 3. The number of fused-ring (bicyclic) bond motifs is 4. The molecule has 1 amide bonds. The van der Waals surface area contributed by atoms with Gasteiger partial charge < -0.3 is 10.1 Å². The first-order valence-corrected chi connectivity index (χ1v) is 10.4. The van der Waals surface area contributed by atoms with E-state index in [-0.39, 0.29) is 23.8 Å². The van der Waals surface area contributed by atoms with Crippen LogP contribution in [0.5, 0.6) is 5.75 Å². The normalized spacial score (nSPS) is 18.0. The Morgan fingerprint density at radius 1 is 1.31 bits per heavy atom. The van der Waals surface area contributed by atoms with Crippen molar-refractivity contribution in [2.45, 2.75) is 45.3 Å². The molecule has 2 aromatic heterocycles. The van der Waals surface area contributed by atoms with Gasteiger partial charge in [0.1, 0.15) is 12.3 Å². The van der Waals surface area contributed by atoms with Gasteiger partial charge in [0.15, 0.2) is 16.7 Å². The number of benzene rings is 1. The second-order valence-corrected chi connectivity index (χ2v) is 8.41. The highest BCUT2D eigenvalue weighted by molar-refractivity contribution is 7.18. The third kappa shape index (κ3) is 3.02. The van der Waals surface area contributed by atoms with Crippen molar-refractivity contribution >= 4 is 38.9 Å². The summed E-state index contributed by atoms with van der Waals surface area (Å²) >= 11 is 1.53. The lowest BCUT2D eigenvalue weighted by atomic mass is 9.97. The minimum Gasteiger partial charge on any atom is -0.479 e. The van der Waals surface area contributed by atoms with Crippen LogP contribution in [-0.2, 0) is 24.2 Å². The molecule has 0 bridgehead atoms. The molecule has 148 valence electrons. The summed E-state index contributed by atoms with van der Waals surface area (Å²) in [6.45, 7) is 1.44. The third-order valence-electron chi connectivity index (χ3n) is 5.37. The molecule has 29 heavy (non-hydrogen) atoms. The van der Waals surface area contributed by atoms with Crippen molar-refractivity contribution in [3.8, 4) is 5.75 Å². The van der Waals surface area contributed by atoms with E-state index in [9.17, 15) is 14.4 Å². The highest BCUT2D eigenvalue weighted by Gasteiger charge is 2.25. The van der Waals surface area contributed by atoms with Gasteiger partial charge >= 0.3 is 0 Å². The number of Topliss-reactive ketones (excluding diaryl/α,β-unsaturated/α-hetero) is 1. The van der Waals surface area contributed by atoms with Crippen LogP contribution in [0.1, 0.15) is 40.6 Å². The first-order valence-electron chi connectivity index (χ1n) is 9.54. The summed E-state index contributed by atoms with van der Waals surface area (Å²) in [5.41, 5.74) is 1.61. The molecule has 1 aliphatic carbocycles. The Kier molecular flexibility index (Phi) is 4.20. The van der Waals surface area contributed by atoms with E-state index in [1.807, 2.05) is 0 Å². The smallest absolute Gasteiger partial charge is 0.279 e. The Hall–Kier alpha value is -3.07. The Morgan fingerprint density at radius 2 is 2.14 bits per heavy atom. The maximum absolute atomic E-state index is 13.0. The molecule has 9 heteroatoms. The number of ether oxygens (including phenoxy) is 1. The van der Waals surface area contributed by atoms with Crippen molar-refractivity contribution in [3.05, 3.63) is 44.6 Å². The Bertz CT molecular complexity index is 1230. The molecule has 1 unspecified atom stereocenters. The molecule has 0 saturated carbocycles. The molecule has 1 aromatic carbocycles. The molecule has 0 saturated heterocycles. The summed E-state index contributed by atoms with van der Waals surface area (Å²) in [6.07, 6.45) is 3.43. The summed E-state index contributed by atoms with van der Waals surface area (Å²) in [5, 5.41) is 11.5. The molecule has 8 nitrogen and oxygen atoms in total. The average molecular weight is 410 g/mol. The number of carbonyl (C=O) groups excluding carboxylic acids is 2. The maximum Gasteiger partial charge on any atom is 0.279 e. The summed E-state index contributed by atoms with van der Waals surface area (Å²) in [5.74, 6) is -0.0469. The highest BCUT2D eigenvalue weighted by Crippen LogP contribution is 2.33. The number of hydrogen-bond donors (Lipinski definition) is 1. The topological polar surface area (TPSA) is 103 Å². The maximum atomic E-state index is 13.0. The number of ketones is 1. The highest BCUT2D eigenvalue weighted by atomic mass is 32.1. The molecule has 0 radical (unpaired) electrons. The summed E-state index contributed by atoms with van der Waals surface area (Å²) in [6, 6.07) is 4.82. The van der Waals surface area contributed by atoms with E-state index in [0.29, 0.717) is 27.2 Å². The predicted molar refractivity (Wildman–Crippen MR) is 108 cm³/mol. The largest absolute Gasteiger partial charge is 0.479 e. The summed E-state index contributed by atoms with van der Waals surface area (Å²) in [7, 11) is 0. The van der Waals surface area contributed by atoms with Gasteiger partial charge in [0.25, 0.3) is 11.5 Å². The van der Waals surface area contributed by atoms with Crippen molar-refractivity contribution in [3.63, 3.8) is 0 Å². The summed E-state index contributed by atoms with van der Waals surface area (Å²) in [4.78, 5) is 39.4. The van der Waals surface area contributed by atoms with Gasteiger partial charge in [0.05, 0.1) is 11.1 Å². The average Bonchev–Trinajstić information content (AvgIpc) is 3.10.